The summed E-state index contributed by atoms with van der Waals surface area (Å²) in [6, 6.07) is 68.3. The molecule has 0 radical (unpaired) electrons. The van der Waals surface area contributed by atoms with E-state index in [1.54, 1.807) is 0 Å². The van der Waals surface area contributed by atoms with Crippen LogP contribution >= 0.6 is 0 Å². The predicted octanol–water partition coefficient (Wildman–Crippen LogP) is 13.1. The van der Waals surface area contributed by atoms with Crippen molar-refractivity contribution in [2.45, 2.75) is 5.41 Å². The van der Waals surface area contributed by atoms with Crippen molar-refractivity contribution in [1.29, 1.82) is 0 Å². The average molecular weight is 650 g/mol. The summed E-state index contributed by atoms with van der Waals surface area (Å²) < 4.78 is 6.32. The first-order chi connectivity index (χ1) is 25.3. The Bertz CT molecular complexity index is 2760. The summed E-state index contributed by atoms with van der Waals surface area (Å²) in [6.07, 6.45) is 0. The van der Waals surface area contributed by atoms with Gasteiger partial charge in [0.05, 0.1) is 5.41 Å². The van der Waals surface area contributed by atoms with Gasteiger partial charge in [-0.15, -0.1) is 0 Å². The van der Waals surface area contributed by atoms with E-state index < -0.39 is 0 Å². The molecule has 2 aliphatic rings. The van der Waals surface area contributed by atoms with Crippen LogP contribution < -0.4 is 4.90 Å². The molecule has 0 amide bonds. The standard InChI is InChI=1S/C49H31NO/c1-2-13-33(14-3-1)50(35-29-30-40-39-17-7-11-24-46(39)51-47(40)31-35)34-27-25-32(26-28-34)36-19-12-23-45-48(36)41-18-6-10-22-44(41)49(45)42-20-8-4-15-37(42)38-16-5-9-21-43(38)49/h1-31H. The maximum Gasteiger partial charge on any atom is 0.137 e. The number of fused-ring (bicyclic) bond motifs is 13. The van der Waals surface area contributed by atoms with E-state index in [9.17, 15) is 0 Å². The van der Waals surface area contributed by atoms with Crippen molar-refractivity contribution in [3.63, 3.8) is 0 Å². The minimum atomic E-state index is -0.353. The van der Waals surface area contributed by atoms with E-state index in [1.807, 2.05) is 12.1 Å². The molecule has 9 aromatic rings. The van der Waals surface area contributed by atoms with Gasteiger partial charge < -0.3 is 9.32 Å². The second-order valence-corrected chi connectivity index (χ2v) is 13.6. The quantitative estimate of drug-likeness (QED) is 0.189. The molecule has 0 saturated carbocycles. The summed E-state index contributed by atoms with van der Waals surface area (Å²) in [5.74, 6) is 0. The summed E-state index contributed by atoms with van der Waals surface area (Å²) >= 11 is 0. The van der Waals surface area contributed by atoms with Crippen molar-refractivity contribution < 1.29 is 4.42 Å². The van der Waals surface area contributed by atoms with E-state index in [0.717, 1.165) is 39.0 Å². The number of anilines is 3. The molecule has 8 aromatic carbocycles. The van der Waals surface area contributed by atoms with Gasteiger partial charge in [-0.3, -0.25) is 0 Å². The minimum absolute atomic E-state index is 0.353. The Hall–Kier alpha value is -6.64. The second kappa shape index (κ2) is 10.7. The molecule has 2 heteroatoms. The molecule has 0 saturated heterocycles. The predicted molar refractivity (Wildman–Crippen MR) is 210 cm³/mol. The SMILES string of the molecule is c1ccc(N(c2ccc(-c3cccc4c3-c3ccccc3C43c4ccccc4-c4ccccc43)cc2)c2ccc3c(c2)oc2ccccc23)cc1. The lowest BCUT2D eigenvalue weighted by Crippen LogP contribution is -2.25. The molecule has 238 valence electrons. The van der Waals surface area contributed by atoms with Gasteiger partial charge in [-0.25, -0.2) is 0 Å². The monoisotopic (exact) mass is 649 g/mol. The van der Waals surface area contributed by atoms with Crippen LogP contribution in [0.15, 0.2) is 192 Å². The van der Waals surface area contributed by atoms with E-state index in [2.05, 4.69) is 181 Å². The molecule has 0 fully saturated rings. The Labute approximate surface area is 296 Å². The third kappa shape index (κ3) is 3.87. The van der Waals surface area contributed by atoms with E-state index >= 15 is 0 Å². The van der Waals surface area contributed by atoms with Crippen LogP contribution in [0.1, 0.15) is 22.3 Å². The van der Waals surface area contributed by atoms with Crippen molar-refractivity contribution in [1.82, 2.24) is 0 Å². The van der Waals surface area contributed by atoms with Crippen molar-refractivity contribution >= 4 is 39.0 Å². The van der Waals surface area contributed by atoms with Crippen molar-refractivity contribution in [2.75, 3.05) is 4.90 Å². The lowest BCUT2D eigenvalue weighted by atomic mass is 9.70. The van der Waals surface area contributed by atoms with Crippen molar-refractivity contribution in [3.8, 4) is 33.4 Å². The lowest BCUT2D eigenvalue weighted by molar-refractivity contribution is 0.669. The molecular weight excluding hydrogens is 619 g/mol. The number of para-hydroxylation sites is 2. The molecule has 0 atom stereocenters. The maximum atomic E-state index is 6.32. The second-order valence-electron chi connectivity index (χ2n) is 13.6. The fourth-order valence-corrected chi connectivity index (χ4v) is 9.05. The van der Waals surface area contributed by atoms with Crippen LogP contribution in [0.4, 0.5) is 17.1 Å². The smallest absolute Gasteiger partial charge is 0.137 e. The van der Waals surface area contributed by atoms with Crippen molar-refractivity contribution in [2.24, 2.45) is 0 Å². The highest BCUT2D eigenvalue weighted by Crippen LogP contribution is 2.63. The zero-order valence-corrected chi connectivity index (χ0v) is 27.8. The van der Waals surface area contributed by atoms with Gasteiger partial charge in [0.2, 0.25) is 0 Å². The van der Waals surface area contributed by atoms with Crippen LogP contribution in [0.5, 0.6) is 0 Å². The zero-order chi connectivity index (χ0) is 33.5. The Morgan fingerprint density at radius 2 is 0.882 bits per heavy atom. The largest absolute Gasteiger partial charge is 0.456 e. The number of hydrogen-bond acceptors (Lipinski definition) is 2. The Morgan fingerprint density at radius 3 is 1.63 bits per heavy atom. The molecule has 1 spiro atoms. The number of nitrogens with zero attached hydrogens (tertiary/aromatic N) is 1. The first-order valence-corrected chi connectivity index (χ1v) is 17.6. The Morgan fingerprint density at radius 1 is 0.353 bits per heavy atom. The van der Waals surface area contributed by atoms with Gasteiger partial charge in [-0.05, 0) is 98.1 Å². The number of furan rings is 1. The molecule has 1 heterocycles. The molecule has 2 nitrogen and oxygen atoms in total. The van der Waals surface area contributed by atoms with Gasteiger partial charge >= 0.3 is 0 Å². The summed E-state index contributed by atoms with van der Waals surface area (Å²) in [7, 11) is 0. The van der Waals surface area contributed by atoms with E-state index in [4.69, 9.17) is 4.42 Å². The lowest BCUT2D eigenvalue weighted by Gasteiger charge is -2.30. The molecule has 11 rings (SSSR count). The molecular formula is C49H31NO. The van der Waals surface area contributed by atoms with E-state index in [0.29, 0.717) is 0 Å². The fourth-order valence-electron chi connectivity index (χ4n) is 9.05. The van der Waals surface area contributed by atoms with Gasteiger partial charge in [0, 0.05) is 33.9 Å². The van der Waals surface area contributed by atoms with Gasteiger partial charge in [0.25, 0.3) is 0 Å². The minimum Gasteiger partial charge on any atom is -0.456 e. The highest BCUT2D eigenvalue weighted by Gasteiger charge is 2.51. The molecule has 0 N–H and O–H groups in total. The summed E-state index contributed by atoms with van der Waals surface area (Å²) in [5.41, 5.74) is 17.8. The third-order valence-electron chi connectivity index (χ3n) is 11.1. The molecule has 1 aromatic heterocycles. The molecule has 0 unspecified atom stereocenters. The van der Waals surface area contributed by atoms with E-state index in [1.165, 1.54) is 55.6 Å². The molecule has 51 heavy (non-hydrogen) atoms. The molecule has 0 bridgehead atoms. The first-order valence-electron chi connectivity index (χ1n) is 17.6. The Balaban J connectivity index is 1.07. The van der Waals surface area contributed by atoms with Crippen LogP contribution in [0.2, 0.25) is 0 Å². The first kappa shape index (κ1) is 28.2. The van der Waals surface area contributed by atoms with Crippen LogP contribution in [-0.4, -0.2) is 0 Å². The van der Waals surface area contributed by atoms with Gasteiger partial charge in [-0.2, -0.15) is 0 Å². The van der Waals surface area contributed by atoms with Crippen LogP contribution in [0.25, 0.3) is 55.3 Å². The summed E-state index contributed by atoms with van der Waals surface area (Å²) in [4.78, 5) is 2.31. The van der Waals surface area contributed by atoms with Crippen LogP contribution in [-0.2, 0) is 5.41 Å². The fraction of sp³-hybridized carbons (Fsp3) is 0.0204. The van der Waals surface area contributed by atoms with Crippen LogP contribution in [0, 0.1) is 0 Å². The number of benzene rings is 8. The average Bonchev–Trinajstić information content (AvgIpc) is 3.83. The highest BCUT2D eigenvalue weighted by molar-refractivity contribution is 6.06. The normalized spacial score (nSPS) is 13.3. The molecule has 2 aliphatic carbocycles. The van der Waals surface area contributed by atoms with Gasteiger partial charge in [-0.1, -0.05) is 140 Å². The van der Waals surface area contributed by atoms with Crippen molar-refractivity contribution in [3.05, 3.63) is 210 Å². The Kier molecular flexibility index (Phi) is 5.91. The third-order valence-corrected chi connectivity index (χ3v) is 11.1. The summed E-state index contributed by atoms with van der Waals surface area (Å²) in [5, 5.41) is 2.26. The topological polar surface area (TPSA) is 16.4 Å². The maximum absolute atomic E-state index is 6.32. The van der Waals surface area contributed by atoms with E-state index in [-0.39, 0.29) is 5.41 Å². The van der Waals surface area contributed by atoms with Gasteiger partial charge in [0.1, 0.15) is 11.2 Å². The number of hydrogen-bond donors (Lipinski definition) is 0. The number of rotatable bonds is 4. The zero-order valence-electron chi connectivity index (χ0n) is 27.8. The highest BCUT2D eigenvalue weighted by atomic mass is 16.3. The summed E-state index contributed by atoms with van der Waals surface area (Å²) in [6.45, 7) is 0. The van der Waals surface area contributed by atoms with Crippen LogP contribution in [0.3, 0.4) is 0 Å². The van der Waals surface area contributed by atoms with Gasteiger partial charge in [0.15, 0.2) is 0 Å². The molecule has 0 aliphatic heterocycles.